The van der Waals surface area contributed by atoms with Crippen LogP contribution in [0.2, 0.25) is 0 Å². The van der Waals surface area contributed by atoms with Gasteiger partial charge in [0.25, 0.3) is 5.91 Å². The summed E-state index contributed by atoms with van der Waals surface area (Å²) in [6.07, 6.45) is 1.71. The molecule has 0 aliphatic carbocycles. The second-order valence-electron chi connectivity index (χ2n) is 6.04. The van der Waals surface area contributed by atoms with E-state index in [1.165, 1.54) is 0 Å². The maximum Gasteiger partial charge on any atom is 0.274 e. The maximum atomic E-state index is 12.2. The van der Waals surface area contributed by atoms with Gasteiger partial charge in [0.15, 0.2) is 0 Å². The number of hydrogen-bond donors (Lipinski definition) is 2. The Morgan fingerprint density at radius 2 is 1.65 bits per heavy atom. The molecule has 0 aliphatic heterocycles. The van der Waals surface area contributed by atoms with Crippen molar-refractivity contribution in [2.45, 2.75) is 20.0 Å². The van der Waals surface area contributed by atoms with Crippen molar-refractivity contribution in [1.29, 1.82) is 0 Å². The smallest absolute Gasteiger partial charge is 0.274 e. The first kappa shape index (κ1) is 17.5. The SMILES string of the molecule is CC(C)Oc1ccccc1Nc1ccc(C(=O)Nc2ccccc2)nc1. The molecule has 132 valence electrons. The van der Waals surface area contributed by atoms with Gasteiger partial charge in [0.1, 0.15) is 11.4 Å². The quantitative estimate of drug-likeness (QED) is 0.668. The van der Waals surface area contributed by atoms with Gasteiger partial charge in [0.2, 0.25) is 0 Å². The van der Waals surface area contributed by atoms with Gasteiger partial charge < -0.3 is 15.4 Å². The molecule has 0 saturated heterocycles. The number of carbonyl (C=O) groups excluding carboxylic acids is 1. The molecule has 1 aromatic heterocycles. The van der Waals surface area contributed by atoms with Gasteiger partial charge in [-0.05, 0) is 50.2 Å². The Bertz CT molecular complexity index is 862. The minimum atomic E-state index is -0.244. The molecular formula is C21H21N3O2. The highest BCUT2D eigenvalue weighted by Gasteiger charge is 2.09. The summed E-state index contributed by atoms with van der Waals surface area (Å²) in [5.41, 5.74) is 2.72. The van der Waals surface area contributed by atoms with E-state index in [0.29, 0.717) is 5.69 Å². The van der Waals surface area contributed by atoms with Gasteiger partial charge >= 0.3 is 0 Å². The van der Waals surface area contributed by atoms with Crippen LogP contribution < -0.4 is 15.4 Å². The summed E-state index contributed by atoms with van der Waals surface area (Å²) >= 11 is 0. The molecule has 2 aromatic carbocycles. The van der Waals surface area contributed by atoms with E-state index in [4.69, 9.17) is 4.74 Å². The first-order valence-electron chi connectivity index (χ1n) is 8.47. The third kappa shape index (κ3) is 4.60. The van der Waals surface area contributed by atoms with Crippen LogP contribution in [0.1, 0.15) is 24.3 Å². The fourth-order valence-electron chi connectivity index (χ4n) is 2.40. The van der Waals surface area contributed by atoms with E-state index in [2.05, 4.69) is 15.6 Å². The van der Waals surface area contributed by atoms with E-state index >= 15 is 0 Å². The molecule has 1 heterocycles. The zero-order chi connectivity index (χ0) is 18.4. The number of ether oxygens (including phenoxy) is 1. The third-order valence-electron chi connectivity index (χ3n) is 3.56. The van der Waals surface area contributed by atoms with Crippen molar-refractivity contribution in [2.24, 2.45) is 0 Å². The fraction of sp³-hybridized carbons (Fsp3) is 0.143. The topological polar surface area (TPSA) is 63.2 Å². The van der Waals surface area contributed by atoms with Crippen LogP contribution in [0, 0.1) is 0 Å². The van der Waals surface area contributed by atoms with Gasteiger partial charge in [0, 0.05) is 5.69 Å². The Morgan fingerprint density at radius 1 is 0.923 bits per heavy atom. The molecule has 0 fully saturated rings. The van der Waals surface area contributed by atoms with E-state index in [0.717, 1.165) is 22.8 Å². The molecule has 0 aliphatic rings. The van der Waals surface area contributed by atoms with Gasteiger partial charge in [0.05, 0.1) is 23.7 Å². The van der Waals surface area contributed by atoms with Gasteiger partial charge in [-0.25, -0.2) is 4.98 Å². The molecule has 0 spiro atoms. The Kier molecular flexibility index (Phi) is 5.49. The summed E-state index contributed by atoms with van der Waals surface area (Å²) in [4.78, 5) is 16.5. The van der Waals surface area contributed by atoms with Crippen LogP contribution in [-0.2, 0) is 0 Å². The Morgan fingerprint density at radius 3 is 2.35 bits per heavy atom. The number of rotatable bonds is 6. The van der Waals surface area contributed by atoms with Crippen molar-refractivity contribution in [1.82, 2.24) is 4.98 Å². The van der Waals surface area contributed by atoms with Crippen molar-refractivity contribution in [3.05, 3.63) is 78.6 Å². The zero-order valence-electron chi connectivity index (χ0n) is 14.8. The number of nitrogens with one attached hydrogen (secondary N) is 2. The number of aromatic nitrogens is 1. The summed E-state index contributed by atoms with van der Waals surface area (Å²) in [6, 6.07) is 20.5. The van der Waals surface area contributed by atoms with Gasteiger partial charge in [-0.15, -0.1) is 0 Å². The van der Waals surface area contributed by atoms with Crippen molar-refractivity contribution in [2.75, 3.05) is 10.6 Å². The number of anilines is 3. The normalized spacial score (nSPS) is 10.4. The fourth-order valence-corrected chi connectivity index (χ4v) is 2.40. The first-order valence-corrected chi connectivity index (χ1v) is 8.47. The predicted molar refractivity (Wildman–Crippen MR) is 104 cm³/mol. The summed E-state index contributed by atoms with van der Waals surface area (Å²) < 4.78 is 5.80. The van der Waals surface area contributed by atoms with Crippen LogP contribution in [0.15, 0.2) is 72.9 Å². The molecule has 0 saturated carbocycles. The minimum absolute atomic E-state index is 0.0835. The van der Waals surface area contributed by atoms with E-state index in [9.17, 15) is 4.79 Å². The highest BCUT2D eigenvalue weighted by atomic mass is 16.5. The number of benzene rings is 2. The van der Waals surface area contributed by atoms with Crippen LogP contribution in [0.3, 0.4) is 0 Å². The Labute approximate surface area is 153 Å². The molecule has 0 unspecified atom stereocenters. The van der Waals surface area contributed by atoms with Crippen LogP contribution in [-0.4, -0.2) is 17.0 Å². The molecule has 5 heteroatoms. The monoisotopic (exact) mass is 347 g/mol. The van der Waals surface area contributed by atoms with Crippen LogP contribution >= 0.6 is 0 Å². The number of carbonyl (C=O) groups is 1. The lowest BCUT2D eigenvalue weighted by molar-refractivity contribution is 0.102. The molecule has 2 N–H and O–H groups in total. The third-order valence-corrected chi connectivity index (χ3v) is 3.56. The van der Waals surface area contributed by atoms with Gasteiger partial charge in [-0.1, -0.05) is 30.3 Å². The average Bonchev–Trinajstić information content (AvgIpc) is 2.64. The molecule has 1 amide bonds. The molecule has 0 atom stereocenters. The van der Waals surface area contributed by atoms with E-state index in [-0.39, 0.29) is 12.0 Å². The Hall–Kier alpha value is -3.34. The average molecular weight is 347 g/mol. The first-order chi connectivity index (χ1) is 12.6. The summed E-state index contributed by atoms with van der Waals surface area (Å²) in [5.74, 6) is 0.527. The van der Waals surface area contributed by atoms with Gasteiger partial charge in [-0.2, -0.15) is 0 Å². The van der Waals surface area contributed by atoms with Crippen molar-refractivity contribution in [3.63, 3.8) is 0 Å². The van der Waals surface area contributed by atoms with Crippen LogP contribution in [0.5, 0.6) is 5.75 Å². The van der Waals surface area contributed by atoms with Gasteiger partial charge in [-0.3, -0.25) is 4.79 Å². The number of para-hydroxylation sites is 3. The van der Waals surface area contributed by atoms with Crippen LogP contribution in [0.4, 0.5) is 17.1 Å². The standard InChI is InChI=1S/C21H21N3O2/c1-15(2)26-20-11-7-6-10-18(20)23-17-12-13-19(22-14-17)21(25)24-16-8-4-3-5-9-16/h3-15,23H,1-2H3,(H,24,25). The second kappa shape index (κ2) is 8.16. The van der Waals surface area contributed by atoms with Crippen molar-refractivity contribution in [3.8, 4) is 5.75 Å². The summed E-state index contributed by atoms with van der Waals surface area (Å²) in [7, 11) is 0. The maximum absolute atomic E-state index is 12.2. The molecule has 3 aromatic rings. The van der Waals surface area contributed by atoms with Crippen molar-refractivity contribution >= 4 is 23.0 Å². The second-order valence-corrected chi connectivity index (χ2v) is 6.04. The lowest BCUT2D eigenvalue weighted by Crippen LogP contribution is -2.13. The number of pyridine rings is 1. The molecular weight excluding hydrogens is 326 g/mol. The summed E-state index contributed by atoms with van der Waals surface area (Å²) in [5, 5.41) is 6.09. The molecule has 5 nitrogen and oxygen atoms in total. The minimum Gasteiger partial charge on any atom is -0.489 e. The lowest BCUT2D eigenvalue weighted by atomic mass is 10.2. The van der Waals surface area contributed by atoms with E-state index in [1.807, 2.05) is 74.5 Å². The van der Waals surface area contributed by atoms with Crippen molar-refractivity contribution < 1.29 is 9.53 Å². The highest BCUT2D eigenvalue weighted by Crippen LogP contribution is 2.28. The highest BCUT2D eigenvalue weighted by molar-refractivity contribution is 6.02. The van der Waals surface area contributed by atoms with Crippen LogP contribution in [0.25, 0.3) is 0 Å². The lowest BCUT2D eigenvalue weighted by Gasteiger charge is -2.15. The molecule has 26 heavy (non-hydrogen) atoms. The summed E-state index contributed by atoms with van der Waals surface area (Å²) in [6.45, 7) is 3.97. The van der Waals surface area contributed by atoms with E-state index in [1.54, 1.807) is 12.3 Å². The molecule has 3 rings (SSSR count). The number of nitrogens with zero attached hydrogens (tertiary/aromatic N) is 1. The van der Waals surface area contributed by atoms with E-state index < -0.39 is 0 Å². The number of hydrogen-bond acceptors (Lipinski definition) is 4. The number of amides is 1. The zero-order valence-corrected chi connectivity index (χ0v) is 14.8. The molecule has 0 radical (unpaired) electrons. The Balaban J connectivity index is 1.69. The molecule has 0 bridgehead atoms. The predicted octanol–water partition coefficient (Wildman–Crippen LogP) is 4.86. The largest absolute Gasteiger partial charge is 0.489 e.